The molecule has 7 nitrogen and oxygen atoms in total. The van der Waals surface area contributed by atoms with Crippen LogP contribution in [0.1, 0.15) is 34.6 Å². The maximum Gasteiger partial charge on any atom is 0.274 e. The fourth-order valence-electron chi connectivity index (χ4n) is 3.80. The van der Waals surface area contributed by atoms with Crippen molar-refractivity contribution in [2.24, 2.45) is 0 Å². The van der Waals surface area contributed by atoms with E-state index < -0.39 is 27.4 Å². The zero-order chi connectivity index (χ0) is 20.6. The molecule has 1 fully saturated rings. The molecular formula is C19H22F2N4O3S. The van der Waals surface area contributed by atoms with Crippen molar-refractivity contribution in [3.63, 3.8) is 0 Å². The van der Waals surface area contributed by atoms with Crippen molar-refractivity contribution in [1.82, 2.24) is 19.0 Å². The van der Waals surface area contributed by atoms with Crippen molar-refractivity contribution in [3.05, 3.63) is 52.9 Å². The summed E-state index contributed by atoms with van der Waals surface area (Å²) in [7, 11) is -3.82. The Morgan fingerprint density at radius 3 is 2.52 bits per heavy atom. The first kappa shape index (κ1) is 20.0. The maximum atomic E-state index is 13.8. The third-order valence-electron chi connectivity index (χ3n) is 5.40. The summed E-state index contributed by atoms with van der Waals surface area (Å²) in [5.41, 5.74) is 1.24. The number of amides is 1. The predicted octanol–water partition coefficient (Wildman–Crippen LogP) is 1.79. The highest BCUT2D eigenvalue weighted by Crippen LogP contribution is 2.19. The van der Waals surface area contributed by atoms with Gasteiger partial charge in [-0.3, -0.25) is 9.48 Å². The third kappa shape index (κ3) is 4.18. The number of halogens is 2. The van der Waals surface area contributed by atoms with Gasteiger partial charge in [-0.1, -0.05) is 0 Å². The third-order valence-corrected chi connectivity index (χ3v) is 7.23. The largest absolute Gasteiger partial charge is 0.335 e. The Hall–Kier alpha value is -2.33. The second-order valence-corrected chi connectivity index (χ2v) is 9.35. The topological polar surface area (TPSA) is 75.5 Å². The highest BCUT2D eigenvalue weighted by molar-refractivity contribution is 7.88. The summed E-state index contributed by atoms with van der Waals surface area (Å²) in [4.78, 5) is 14.3. The van der Waals surface area contributed by atoms with Crippen LogP contribution >= 0.6 is 0 Å². The van der Waals surface area contributed by atoms with Crippen molar-refractivity contribution in [2.75, 3.05) is 26.2 Å². The zero-order valence-corrected chi connectivity index (χ0v) is 16.7. The molecule has 0 atom stereocenters. The van der Waals surface area contributed by atoms with Crippen molar-refractivity contribution in [3.8, 4) is 0 Å². The normalized spacial score (nSPS) is 17.9. The van der Waals surface area contributed by atoms with Crippen LogP contribution in [0.25, 0.3) is 0 Å². The molecule has 1 amide bonds. The van der Waals surface area contributed by atoms with E-state index in [-0.39, 0.29) is 37.6 Å². The Balaban J connectivity index is 1.40. The molecule has 0 spiro atoms. The van der Waals surface area contributed by atoms with Crippen LogP contribution in [0.4, 0.5) is 8.78 Å². The quantitative estimate of drug-likeness (QED) is 0.750. The zero-order valence-electron chi connectivity index (χ0n) is 15.9. The van der Waals surface area contributed by atoms with Gasteiger partial charge >= 0.3 is 0 Å². The first-order valence-corrected chi connectivity index (χ1v) is 11.2. The lowest BCUT2D eigenvalue weighted by Gasteiger charge is -2.33. The second-order valence-electron chi connectivity index (χ2n) is 7.38. The van der Waals surface area contributed by atoms with Gasteiger partial charge < -0.3 is 4.90 Å². The van der Waals surface area contributed by atoms with Gasteiger partial charge in [-0.15, -0.1) is 0 Å². The number of sulfonamides is 1. The molecule has 4 rings (SSSR count). The van der Waals surface area contributed by atoms with E-state index in [0.717, 1.165) is 49.7 Å². The number of carbonyl (C=O) groups excluding carboxylic acids is 1. The van der Waals surface area contributed by atoms with Crippen molar-refractivity contribution < 1.29 is 22.0 Å². The molecule has 156 valence electrons. The van der Waals surface area contributed by atoms with E-state index >= 15 is 0 Å². The monoisotopic (exact) mass is 424 g/mol. The van der Waals surface area contributed by atoms with Gasteiger partial charge in [-0.2, -0.15) is 9.40 Å². The lowest BCUT2D eigenvalue weighted by atomic mass is 10.1. The van der Waals surface area contributed by atoms with Crippen LogP contribution in [0, 0.1) is 11.6 Å². The Kier molecular flexibility index (Phi) is 5.39. The Morgan fingerprint density at radius 1 is 1.03 bits per heavy atom. The molecule has 29 heavy (non-hydrogen) atoms. The van der Waals surface area contributed by atoms with E-state index in [1.807, 2.05) is 10.7 Å². The van der Waals surface area contributed by atoms with Crippen LogP contribution in [0.5, 0.6) is 0 Å². The number of benzene rings is 1. The molecule has 0 unspecified atom stereocenters. The van der Waals surface area contributed by atoms with E-state index in [4.69, 9.17) is 0 Å². The van der Waals surface area contributed by atoms with E-state index in [9.17, 15) is 22.0 Å². The molecule has 10 heteroatoms. The average Bonchev–Trinajstić information content (AvgIpc) is 3.14. The fourth-order valence-corrected chi connectivity index (χ4v) is 5.31. The maximum absolute atomic E-state index is 13.8. The highest BCUT2D eigenvalue weighted by Gasteiger charge is 2.31. The molecular weight excluding hydrogens is 402 g/mol. The minimum Gasteiger partial charge on any atom is -0.335 e. The van der Waals surface area contributed by atoms with Gasteiger partial charge in [0.05, 0.1) is 5.75 Å². The number of carbonyl (C=O) groups is 1. The summed E-state index contributed by atoms with van der Waals surface area (Å²) in [6, 6.07) is 4.58. The number of hydrogen-bond acceptors (Lipinski definition) is 4. The Labute approximate surface area is 168 Å². The number of aryl methyl sites for hydroxylation is 2. The first-order valence-electron chi connectivity index (χ1n) is 9.61. The summed E-state index contributed by atoms with van der Waals surface area (Å²) in [6.45, 7) is 1.49. The van der Waals surface area contributed by atoms with Crippen LogP contribution in [0.3, 0.4) is 0 Å². The van der Waals surface area contributed by atoms with Crippen molar-refractivity contribution in [1.29, 1.82) is 0 Å². The highest BCUT2D eigenvalue weighted by atomic mass is 32.2. The summed E-state index contributed by atoms with van der Waals surface area (Å²) in [5, 5.41) is 4.38. The molecule has 1 aromatic carbocycles. The van der Waals surface area contributed by atoms with Gasteiger partial charge in [0.15, 0.2) is 5.69 Å². The number of aromatic nitrogens is 2. The van der Waals surface area contributed by atoms with Crippen LogP contribution in [-0.2, 0) is 28.7 Å². The molecule has 0 N–H and O–H groups in total. The second kappa shape index (κ2) is 7.83. The molecule has 1 saturated heterocycles. The van der Waals surface area contributed by atoms with Crippen molar-refractivity contribution >= 4 is 15.9 Å². The first-order chi connectivity index (χ1) is 13.8. The summed E-state index contributed by atoms with van der Waals surface area (Å²) in [5.74, 6) is -2.26. The summed E-state index contributed by atoms with van der Waals surface area (Å²) < 4.78 is 55.5. The van der Waals surface area contributed by atoms with E-state index in [2.05, 4.69) is 5.10 Å². The molecule has 0 saturated carbocycles. The van der Waals surface area contributed by atoms with Gasteiger partial charge in [0, 0.05) is 44.0 Å². The fraction of sp³-hybridized carbons (Fsp3) is 0.474. The standard InChI is InChI=1S/C19H22F2N4O3S/c20-15-4-5-17(21)14(11-15)13-29(27,28)24-9-7-23(8-10-24)19(26)18-12-16-3-1-2-6-25(16)22-18/h4-5,11-12H,1-3,6-10,13H2. The van der Waals surface area contributed by atoms with Gasteiger partial charge in [-0.25, -0.2) is 17.2 Å². The lowest BCUT2D eigenvalue weighted by molar-refractivity contribution is 0.0691. The molecule has 0 aliphatic carbocycles. The van der Waals surface area contributed by atoms with Crippen LogP contribution < -0.4 is 0 Å². The molecule has 0 radical (unpaired) electrons. The smallest absolute Gasteiger partial charge is 0.274 e. The minimum absolute atomic E-state index is 0.110. The van der Waals surface area contributed by atoms with E-state index in [1.54, 1.807) is 4.90 Å². The van der Waals surface area contributed by atoms with E-state index in [1.165, 1.54) is 4.31 Å². The Morgan fingerprint density at radius 2 is 1.79 bits per heavy atom. The molecule has 0 bridgehead atoms. The molecule has 2 aliphatic rings. The molecule has 2 aliphatic heterocycles. The number of piperazine rings is 1. The summed E-state index contributed by atoms with van der Waals surface area (Å²) >= 11 is 0. The van der Waals surface area contributed by atoms with Gasteiger partial charge in [-0.05, 0) is 43.5 Å². The average molecular weight is 424 g/mol. The SMILES string of the molecule is O=C(c1cc2n(n1)CCCC2)N1CCN(S(=O)(=O)Cc2cc(F)ccc2F)CC1. The van der Waals surface area contributed by atoms with Crippen LogP contribution in [-0.4, -0.2) is 59.5 Å². The summed E-state index contributed by atoms with van der Waals surface area (Å²) in [6.07, 6.45) is 3.04. The lowest BCUT2D eigenvalue weighted by Crippen LogP contribution is -2.50. The van der Waals surface area contributed by atoms with Crippen LogP contribution in [0.2, 0.25) is 0 Å². The number of hydrogen-bond donors (Lipinski definition) is 0. The van der Waals surface area contributed by atoms with Crippen LogP contribution in [0.15, 0.2) is 24.3 Å². The van der Waals surface area contributed by atoms with E-state index in [0.29, 0.717) is 5.69 Å². The predicted molar refractivity (Wildman–Crippen MR) is 102 cm³/mol. The number of fused-ring (bicyclic) bond motifs is 1. The Bertz CT molecular complexity index is 1010. The van der Waals surface area contributed by atoms with Gasteiger partial charge in [0.1, 0.15) is 11.6 Å². The van der Waals surface area contributed by atoms with Crippen molar-refractivity contribution in [2.45, 2.75) is 31.6 Å². The van der Waals surface area contributed by atoms with Gasteiger partial charge in [0.2, 0.25) is 10.0 Å². The molecule has 3 heterocycles. The number of rotatable bonds is 4. The number of nitrogens with zero attached hydrogens (tertiary/aromatic N) is 4. The van der Waals surface area contributed by atoms with Gasteiger partial charge in [0.25, 0.3) is 5.91 Å². The molecule has 1 aromatic heterocycles. The molecule has 2 aromatic rings. The minimum atomic E-state index is -3.82.